The van der Waals surface area contributed by atoms with Crippen molar-refractivity contribution < 1.29 is 29.5 Å². The number of H-pyrrole nitrogens is 2. The molecule has 0 aliphatic carbocycles. The molecule has 5 heterocycles. The third-order valence-electron chi connectivity index (χ3n) is 9.00. The summed E-state index contributed by atoms with van der Waals surface area (Å²) < 4.78 is 0. The Morgan fingerprint density at radius 3 is 0.882 bits per heavy atom. The number of rotatable bonds is 4. The number of nitrogens with one attached hydrogen (secondary N) is 2. The average Bonchev–Trinajstić information content (AvgIpc) is 3.98. The minimum atomic E-state index is 0. The Kier molecular flexibility index (Phi) is 10.1. The first-order valence-corrected chi connectivity index (χ1v) is 16.2. The van der Waals surface area contributed by atoms with Gasteiger partial charge in [-0.05, 0) is 70.8 Å². The summed E-state index contributed by atoms with van der Waals surface area (Å²) in [5.41, 5.74) is 16.2. The summed E-state index contributed by atoms with van der Waals surface area (Å²) in [4.78, 5) is 18.3. The first-order valence-electron chi connectivity index (χ1n) is 16.2. The van der Waals surface area contributed by atoms with Gasteiger partial charge in [0.1, 0.15) is 0 Å². The molecule has 3 aromatic heterocycles. The SMILES string of the molecule is C1=Cc2nc1c(-c1ccccc1)c1nc(c(-c3ccccc3)c3ccc([nH]3)c(-c3ccccc3)c3ccc([nH]3)c2-c2ccccc2)C=C1.[O-2].[O-2].[V+4]. The van der Waals surface area contributed by atoms with Crippen LogP contribution in [0.1, 0.15) is 22.8 Å². The molecule has 243 valence electrons. The van der Waals surface area contributed by atoms with Gasteiger partial charge in [0.2, 0.25) is 0 Å². The summed E-state index contributed by atoms with van der Waals surface area (Å²) in [5.74, 6) is 0. The Balaban J connectivity index is 0.00000149. The number of aromatic nitrogens is 4. The molecule has 2 aliphatic rings. The van der Waals surface area contributed by atoms with Crippen LogP contribution in [0.3, 0.4) is 0 Å². The Hall–Kier alpha value is -6.02. The van der Waals surface area contributed by atoms with Crippen LogP contribution in [-0.2, 0) is 29.5 Å². The monoisotopic (exact) mass is 697 g/mol. The molecule has 7 aromatic rings. The number of fused-ring (bicyclic) bond motifs is 8. The Morgan fingerprint density at radius 2 is 0.549 bits per heavy atom. The Labute approximate surface area is 307 Å². The molecule has 2 N–H and O–H groups in total. The third-order valence-corrected chi connectivity index (χ3v) is 9.00. The van der Waals surface area contributed by atoms with Gasteiger partial charge in [0, 0.05) is 44.3 Å². The van der Waals surface area contributed by atoms with Gasteiger partial charge >= 0.3 is 18.6 Å². The average molecular weight is 698 g/mol. The van der Waals surface area contributed by atoms with Crippen molar-refractivity contribution in [2.24, 2.45) is 0 Å². The van der Waals surface area contributed by atoms with Crippen molar-refractivity contribution in [2.75, 3.05) is 0 Å². The second-order valence-electron chi connectivity index (χ2n) is 12.0. The molecule has 51 heavy (non-hydrogen) atoms. The van der Waals surface area contributed by atoms with Crippen LogP contribution >= 0.6 is 0 Å². The van der Waals surface area contributed by atoms with Gasteiger partial charge in [0.05, 0.1) is 22.8 Å². The third kappa shape index (κ3) is 6.41. The van der Waals surface area contributed by atoms with E-state index in [4.69, 9.17) is 9.97 Å². The predicted molar refractivity (Wildman–Crippen MR) is 202 cm³/mol. The van der Waals surface area contributed by atoms with Gasteiger partial charge in [0.15, 0.2) is 0 Å². The normalized spacial score (nSPS) is 11.3. The molecule has 0 spiro atoms. The van der Waals surface area contributed by atoms with E-state index < -0.39 is 0 Å². The fraction of sp³-hybridized carbons (Fsp3) is 0. The van der Waals surface area contributed by atoms with Crippen molar-refractivity contribution in [3.8, 4) is 44.5 Å². The van der Waals surface area contributed by atoms with Crippen LogP contribution in [0.25, 0.3) is 90.9 Å². The minimum absolute atomic E-state index is 0. The van der Waals surface area contributed by atoms with Crippen molar-refractivity contribution in [3.05, 3.63) is 168 Å². The van der Waals surface area contributed by atoms with Crippen molar-refractivity contribution >= 4 is 46.4 Å². The van der Waals surface area contributed by atoms with Crippen LogP contribution < -0.4 is 0 Å². The molecule has 4 aromatic carbocycles. The van der Waals surface area contributed by atoms with Crippen molar-refractivity contribution in [1.29, 1.82) is 0 Å². The van der Waals surface area contributed by atoms with Gasteiger partial charge in [-0.3, -0.25) is 0 Å². The van der Waals surface area contributed by atoms with E-state index in [0.29, 0.717) is 0 Å². The van der Waals surface area contributed by atoms with Gasteiger partial charge in [-0.25, -0.2) is 9.97 Å². The van der Waals surface area contributed by atoms with Crippen LogP contribution in [0.2, 0.25) is 0 Å². The molecule has 6 nitrogen and oxygen atoms in total. The zero-order chi connectivity index (χ0) is 31.9. The predicted octanol–water partition coefficient (Wildman–Crippen LogP) is 11.1. The van der Waals surface area contributed by atoms with Gasteiger partial charge in [0.25, 0.3) is 0 Å². The zero-order valence-electron chi connectivity index (χ0n) is 27.3. The molecule has 2 aliphatic heterocycles. The van der Waals surface area contributed by atoms with E-state index in [1.807, 2.05) is 18.2 Å². The second kappa shape index (κ2) is 14.8. The number of hydrogen-bond acceptors (Lipinski definition) is 2. The molecule has 7 heteroatoms. The fourth-order valence-electron chi connectivity index (χ4n) is 6.84. The summed E-state index contributed by atoms with van der Waals surface area (Å²) >= 11 is 0. The molecule has 0 amide bonds. The number of aromatic amines is 2. The zero-order valence-corrected chi connectivity index (χ0v) is 28.7. The van der Waals surface area contributed by atoms with E-state index in [2.05, 4.69) is 162 Å². The maximum absolute atomic E-state index is 5.33. The standard InChI is InChI=1S/C44H30N4.2O.V/c1-5-13-29(14-6-1)41-33-21-23-35(45-33)42(30-15-7-2-8-16-30)37-25-27-39(47-37)44(32-19-11-4-12-20-32)40-28-26-38(48-40)43(31-17-9-3-10-18-31)36-24-22-34(41)46-36;;;/h1-28,45-46H;;;/q;2*-2;+4. The molecule has 0 saturated heterocycles. The largest absolute Gasteiger partial charge is 4.00 e. The van der Waals surface area contributed by atoms with Crippen molar-refractivity contribution in [2.45, 2.75) is 0 Å². The first kappa shape index (κ1) is 34.8. The fourth-order valence-corrected chi connectivity index (χ4v) is 6.84. The topological polar surface area (TPSA) is 114 Å². The summed E-state index contributed by atoms with van der Waals surface area (Å²) in [6.07, 6.45) is 8.50. The van der Waals surface area contributed by atoms with E-state index >= 15 is 0 Å². The second-order valence-corrected chi connectivity index (χ2v) is 12.0. The van der Waals surface area contributed by atoms with Crippen molar-refractivity contribution in [3.63, 3.8) is 0 Å². The van der Waals surface area contributed by atoms with Crippen LogP contribution in [-0.4, -0.2) is 19.9 Å². The van der Waals surface area contributed by atoms with Crippen LogP contribution in [0, 0.1) is 0 Å². The maximum atomic E-state index is 5.33. The van der Waals surface area contributed by atoms with E-state index in [1.54, 1.807) is 0 Å². The molecule has 9 rings (SSSR count). The van der Waals surface area contributed by atoms with Crippen molar-refractivity contribution in [1.82, 2.24) is 19.9 Å². The summed E-state index contributed by atoms with van der Waals surface area (Å²) in [5, 5.41) is 0. The molecule has 0 unspecified atom stereocenters. The summed E-state index contributed by atoms with van der Waals surface area (Å²) in [6, 6.07) is 50.7. The number of hydrogen-bond donors (Lipinski definition) is 2. The Morgan fingerprint density at radius 1 is 0.294 bits per heavy atom. The summed E-state index contributed by atoms with van der Waals surface area (Å²) in [6.45, 7) is 0. The van der Waals surface area contributed by atoms with Crippen LogP contribution in [0.4, 0.5) is 0 Å². The van der Waals surface area contributed by atoms with Gasteiger partial charge < -0.3 is 20.9 Å². The number of nitrogens with zero attached hydrogens (tertiary/aromatic N) is 2. The molecular weight excluding hydrogens is 667 g/mol. The Bertz CT molecular complexity index is 2400. The smallest absolute Gasteiger partial charge is 2.00 e. The van der Waals surface area contributed by atoms with E-state index in [0.717, 1.165) is 89.4 Å². The van der Waals surface area contributed by atoms with Gasteiger partial charge in [-0.1, -0.05) is 121 Å². The van der Waals surface area contributed by atoms with Gasteiger partial charge in [-0.15, -0.1) is 0 Å². The first-order chi connectivity index (χ1) is 23.8. The number of benzene rings is 4. The molecule has 0 saturated carbocycles. The summed E-state index contributed by atoms with van der Waals surface area (Å²) in [7, 11) is 0. The molecule has 0 atom stereocenters. The van der Waals surface area contributed by atoms with E-state index in [9.17, 15) is 0 Å². The molecular formula is C44H30N4O2V. The molecule has 8 bridgehead atoms. The van der Waals surface area contributed by atoms with E-state index in [1.165, 1.54) is 0 Å². The van der Waals surface area contributed by atoms with E-state index in [-0.39, 0.29) is 29.5 Å². The van der Waals surface area contributed by atoms with Crippen LogP contribution in [0.15, 0.2) is 146 Å². The van der Waals surface area contributed by atoms with Crippen LogP contribution in [0.5, 0.6) is 0 Å². The maximum Gasteiger partial charge on any atom is 4.00 e. The minimum Gasteiger partial charge on any atom is -2.00 e. The molecule has 1 radical (unpaired) electrons. The van der Waals surface area contributed by atoms with Gasteiger partial charge in [-0.2, -0.15) is 0 Å². The molecule has 0 fully saturated rings. The quantitative estimate of drug-likeness (QED) is 0.191.